The normalized spacial score (nSPS) is 24.8. The number of aliphatic carboxylic acids is 2. The Bertz CT molecular complexity index is 2500. The molecule has 2 amide bonds. The zero-order valence-corrected chi connectivity index (χ0v) is 53.7. The minimum absolute atomic E-state index is 0.0129. The van der Waals surface area contributed by atoms with Gasteiger partial charge < -0.3 is 40.0 Å². The molecule has 5 N–H and O–H groups in total. The lowest BCUT2D eigenvalue weighted by atomic mass is 9.59. The lowest BCUT2D eigenvalue weighted by Gasteiger charge is -2.50. The van der Waals surface area contributed by atoms with Crippen LogP contribution in [-0.4, -0.2) is 103 Å². The predicted molar refractivity (Wildman–Crippen MR) is 320 cm³/mol. The Morgan fingerprint density at radius 3 is 1.61 bits per heavy atom. The highest BCUT2D eigenvalue weighted by Crippen LogP contribution is 2.52. The van der Waals surface area contributed by atoms with Gasteiger partial charge >= 0.3 is 29.8 Å². The van der Waals surface area contributed by atoms with Crippen LogP contribution in [0.3, 0.4) is 0 Å². The number of carboxylic acid groups (broad SMARTS) is 2. The fourth-order valence-electron chi connectivity index (χ4n) is 11.4. The van der Waals surface area contributed by atoms with Crippen LogP contribution in [0.4, 0.5) is 5.82 Å². The molecule has 0 aromatic carbocycles. The topological polar surface area (TPSA) is 240 Å². The summed E-state index contributed by atoms with van der Waals surface area (Å²) in [6.07, 6.45) is 4.54. The van der Waals surface area contributed by atoms with Gasteiger partial charge in [0.25, 0.3) is 0 Å². The van der Waals surface area contributed by atoms with Gasteiger partial charge in [-0.3, -0.25) is 24.0 Å². The number of hydrogen-bond acceptors (Lipinski definition) is 13. The highest BCUT2D eigenvalue weighted by Gasteiger charge is 2.50. The molecule has 1 aromatic rings. The second-order valence-corrected chi connectivity index (χ2v) is 31.1. The number of carboxylic acids is 2. The number of carbonyl (C=O) groups excluding carboxylic acids is 5. The van der Waals surface area contributed by atoms with Crippen molar-refractivity contribution in [1.82, 2.24) is 10.3 Å². The van der Waals surface area contributed by atoms with Gasteiger partial charge in [0.15, 0.2) is 0 Å². The molecule has 4 rings (SSSR count). The molecule has 18 heteroatoms. The fourth-order valence-corrected chi connectivity index (χ4v) is 13.3. The fraction of sp³-hybridized carbons (Fsp3) is 0.742. The Balaban J connectivity index is 1.88. The number of allylic oxidation sites excluding steroid dienone is 1. The molecular formula is C62H98N4O12S2. The second kappa shape index (κ2) is 26.8. The number of nitrogens with one attached hydrogen (secondary N) is 3. The molecule has 3 aliphatic rings. The zero-order valence-electron chi connectivity index (χ0n) is 52.0. The summed E-state index contributed by atoms with van der Waals surface area (Å²) in [6, 6.07) is 0. The molecular weight excluding hydrogens is 1060 g/mol. The molecule has 2 heterocycles. The van der Waals surface area contributed by atoms with Gasteiger partial charge in [0.2, 0.25) is 11.8 Å². The van der Waals surface area contributed by atoms with Crippen molar-refractivity contribution in [2.75, 3.05) is 17.7 Å². The van der Waals surface area contributed by atoms with E-state index in [-0.39, 0.29) is 92.3 Å². The smallest absolute Gasteiger partial charge is 0.342 e. The minimum atomic E-state index is -1.43. The molecule has 7 atom stereocenters. The van der Waals surface area contributed by atoms with Gasteiger partial charge in [-0.2, -0.15) is 0 Å². The molecule has 7 unspecified atom stereocenters. The highest BCUT2D eigenvalue weighted by molar-refractivity contribution is 8.01. The van der Waals surface area contributed by atoms with E-state index in [4.69, 9.17) is 19.2 Å². The van der Waals surface area contributed by atoms with Crippen molar-refractivity contribution >= 4 is 82.9 Å². The van der Waals surface area contributed by atoms with Crippen molar-refractivity contribution in [2.45, 2.75) is 218 Å². The lowest BCUT2D eigenvalue weighted by molar-refractivity contribution is -0.164. The van der Waals surface area contributed by atoms with E-state index in [1.54, 1.807) is 26.8 Å². The molecule has 16 nitrogen and oxygen atoms in total. The predicted octanol–water partition coefficient (Wildman–Crippen LogP) is 12.9. The maximum atomic E-state index is 15.1. The van der Waals surface area contributed by atoms with E-state index in [0.29, 0.717) is 59.0 Å². The van der Waals surface area contributed by atoms with Gasteiger partial charge in [-0.1, -0.05) is 104 Å². The number of esters is 3. The third-order valence-corrected chi connectivity index (χ3v) is 19.5. The standard InChI is InChI=1S/C62H98N4O12S2/c1-22-62(20,21)57(75)76-24-23-25-79-36(6)52(69)65-50-46(55(73)77-48-38(58(8,9)10)26-32(2)27-39(48)59(11,12)13)34(4)42(63-50)30-43-35(5)47(51(64-43)66-53(70)37(7)80-44(54(71)72)31-45(67)68)56(74)78-49-40(60(14,15)16)28-33(3)29-41(49)61(17,18)19/h30,32-33,36-41,44,48-49,63H,22-29,31H2,1-21H3,(H,65,69)(H,67,68)(H,71,72)(H,64,66,70). The number of nitrogens with zero attached hydrogens (tertiary/aromatic N) is 1. The molecule has 2 saturated carbocycles. The van der Waals surface area contributed by atoms with E-state index in [1.165, 1.54) is 18.7 Å². The average molecular weight is 1160 g/mol. The van der Waals surface area contributed by atoms with Crippen molar-refractivity contribution < 1.29 is 58.0 Å². The van der Waals surface area contributed by atoms with Crippen molar-refractivity contribution in [3.05, 3.63) is 33.7 Å². The van der Waals surface area contributed by atoms with Crippen LogP contribution in [0.25, 0.3) is 6.08 Å². The van der Waals surface area contributed by atoms with Gasteiger partial charge in [0.05, 0.1) is 34.6 Å². The van der Waals surface area contributed by atoms with Crippen LogP contribution in [0.15, 0.2) is 21.8 Å². The van der Waals surface area contributed by atoms with E-state index < -0.39 is 69.6 Å². The number of H-pyrrole nitrogens is 1. The Morgan fingerprint density at radius 1 is 0.713 bits per heavy atom. The maximum absolute atomic E-state index is 15.1. The van der Waals surface area contributed by atoms with E-state index in [1.807, 2.05) is 20.8 Å². The molecule has 0 radical (unpaired) electrons. The molecule has 0 bridgehead atoms. The second-order valence-electron chi connectivity index (χ2n) is 28.1. The first-order valence-electron chi connectivity index (χ1n) is 28.8. The maximum Gasteiger partial charge on any atom is 0.342 e. The van der Waals surface area contributed by atoms with E-state index in [0.717, 1.165) is 25.7 Å². The molecule has 2 fully saturated rings. The highest BCUT2D eigenvalue weighted by atomic mass is 32.2. The van der Waals surface area contributed by atoms with Gasteiger partial charge in [0, 0.05) is 29.4 Å². The van der Waals surface area contributed by atoms with Gasteiger partial charge in [-0.15, -0.1) is 23.5 Å². The summed E-state index contributed by atoms with van der Waals surface area (Å²) >= 11 is 2.05. The number of ether oxygens (including phenoxy) is 3. The van der Waals surface area contributed by atoms with Crippen molar-refractivity contribution in [3.8, 4) is 0 Å². The summed E-state index contributed by atoms with van der Waals surface area (Å²) in [5, 5.41) is 21.9. The van der Waals surface area contributed by atoms with Gasteiger partial charge in [0.1, 0.15) is 40.2 Å². The van der Waals surface area contributed by atoms with Crippen LogP contribution >= 0.6 is 23.5 Å². The van der Waals surface area contributed by atoms with Crippen LogP contribution in [-0.2, 0) is 43.0 Å². The number of aromatic nitrogens is 1. The summed E-state index contributed by atoms with van der Waals surface area (Å²) in [5.41, 5.74) is -0.00982. The first-order chi connectivity index (χ1) is 36.6. The number of anilines is 1. The number of rotatable bonds is 20. The summed E-state index contributed by atoms with van der Waals surface area (Å²) in [6.45, 7) is 42.9. The number of carbonyl (C=O) groups is 7. The summed E-state index contributed by atoms with van der Waals surface area (Å²) < 4.78 is 19.0. The molecule has 0 saturated heterocycles. The van der Waals surface area contributed by atoms with E-state index >= 15 is 9.59 Å². The monoisotopic (exact) mass is 1150 g/mol. The van der Waals surface area contributed by atoms with Crippen LogP contribution in [0.2, 0.25) is 0 Å². The molecule has 2 aliphatic carbocycles. The molecule has 0 spiro atoms. The van der Waals surface area contributed by atoms with E-state index in [9.17, 15) is 34.2 Å². The van der Waals surface area contributed by atoms with E-state index in [2.05, 4.69) is 113 Å². The van der Waals surface area contributed by atoms with Crippen LogP contribution in [0, 0.1) is 69.5 Å². The third kappa shape index (κ3) is 17.5. The third-order valence-electron chi connectivity index (χ3n) is 16.9. The van der Waals surface area contributed by atoms with Gasteiger partial charge in [-0.05, 0) is 137 Å². The number of thioether (sulfide) groups is 2. The molecule has 1 aliphatic heterocycles. The number of aromatic amines is 1. The summed E-state index contributed by atoms with van der Waals surface area (Å²) in [4.78, 5) is 103. The SMILES string of the molecule is CCC(C)(C)C(=O)OCCCSC(C)C(=O)Nc1[nH]c(C=C2N=C(NC(=O)C(C)SC(CC(=O)O)C(=O)O)C(C(=O)OC3C(C(C)(C)C)CC(C)CC3C(C)(C)C)=C2C)c(C)c1C(=O)OC1C(C(C)(C)C)CC(C)CC1C(C)(C)C. The number of amidine groups is 1. The van der Waals surface area contributed by atoms with Crippen LogP contribution in [0.5, 0.6) is 0 Å². The Kier molecular flexibility index (Phi) is 22.7. The number of aliphatic imine (C=N–C) groups is 1. The number of hydrogen-bond donors (Lipinski definition) is 5. The summed E-state index contributed by atoms with van der Waals surface area (Å²) in [5.74, 6) is -4.12. The minimum Gasteiger partial charge on any atom is -0.481 e. The van der Waals surface area contributed by atoms with Crippen molar-refractivity contribution in [1.29, 1.82) is 0 Å². The first kappa shape index (κ1) is 67.9. The zero-order chi connectivity index (χ0) is 60.9. The Morgan fingerprint density at radius 2 is 1.18 bits per heavy atom. The Hall–Kier alpha value is -4.58. The van der Waals surface area contributed by atoms with Gasteiger partial charge in [-0.25, -0.2) is 14.6 Å². The van der Waals surface area contributed by atoms with Crippen LogP contribution in [0.1, 0.15) is 205 Å². The Labute approximate surface area is 486 Å². The first-order valence-corrected chi connectivity index (χ1v) is 30.8. The number of amides is 2. The lowest BCUT2D eigenvalue weighted by Crippen LogP contribution is -2.50. The average Bonchev–Trinajstić information content (AvgIpc) is 3.79. The quantitative estimate of drug-likeness (QED) is 0.0464. The largest absolute Gasteiger partial charge is 0.481 e. The van der Waals surface area contributed by atoms with Crippen molar-refractivity contribution in [2.24, 2.45) is 67.6 Å². The van der Waals surface area contributed by atoms with Crippen molar-refractivity contribution in [3.63, 3.8) is 0 Å². The molecule has 450 valence electrons. The summed E-state index contributed by atoms with van der Waals surface area (Å²) in [7, 11) is 0. The molecule has 1 aromatic heterocycles. The van der Waals surface area contributed by atoms with Crippen LogP contribution < -0.4 is 10.6 Å². The molecule has 80 heavy (non-hydrogen) atoms.